The minimum Gasteiger partial charge on any atom is -0.362 e. The maximum atomic E-state index is 10.5. The van der Waals surface area contributed by atoms with Crippen LogP contribution < -0.4 is 5.32 Å². The number of fused-ring (bicyclic) bond motifs is 1. The summed E-state index contributed by atoms with van der Waals surface area (Å²) in [5, 5.41) is 23.6. The van der Waals surface area contributed by atoms with Gasteiger partial charge in [-0.15, -0.1) is 0 Å². The van der Waals surface area contributed by atoms with Gasteiger partial charge in [0.25, 0.3) is 0 Å². The van der Waals surface area contributed by atoms with E-state index in [1.807, 2.05) is 32.9 Å². The predicted molar refractivity (Wildman–Crippen MR) is 124 cm³/mol. The van der Waals surface area contributed by atoms with Crippen LogP contribution in [0.4, 0.5) is 5.82 Å². The zero-order valence-electron chi connectivity index (χ0n) is 18.6. The van der Waals surface area contributed by atoms with Crippen LogP contribution in [0.2, 0.25) is 0 Å². The van der Waals surface area contributed by atoms with Crippen molar-refractivity contribution in [3.8, 4) is 0 Å². The van der Waals surface area contributed by atoms with E-state index in [4.69, 9.17) is 0 Å². The summed E-state index contributed by atoms with van der Waals surface area (Å²) in [6.07, 6.45) is 9.69. The molecule has 0 spiro atoms. The van der Waals surface area contributed by atoms with Gasteiger partial charge in [0.05, 0.1) is 5.52 Å². The standard InChI is InChI=1S/C21H25N3O3.C3H8/c1-5-7-21(26,27)15(4)8-14(3)18(6-2)16-9-17-12-23-20(24-13-25)10-19(17)22-11-16;1-3-2/h6,8-13,26-27H,4-5,7H2,1-3H3,(H,23,24,25);3H2,1-2H3/b14-8-,18-6+;. The summed E-state index contributed by atoms with van der Waals surface area (Å²) in [6.45, 7) is 13.7. The largest absolute Gasteiger partial charge is 0.362 e. The summed E-state index contributed by atoms with van der Waals surface area (Å²) in [7, 11) is 0. The normalized spacial score (nSPS) is 12.2. The highest BCUT2D eigenvalue weighted by Gasteiger charge is 2.24. The Kier molecular flexibility index (Phi) is 10.1. The van der Waals surface area contributed by atoms with Crippen LogP contribution in [0.15, 0.2) is 54.4 Å². The smallest absolute Gasteiger partial charge is 0.212 e. The molecule has 1 amide bonds. The number of anilines is 1. The third-order valence-corrected chi connectivity index (χ3v) is 4.30. The number of hydrogen-bond donors (Lipinski definition) is 3. The SMILES string of the molecule is C=C(/C=C(C)\C(=C/C)c1cnc2cc(NC=O)ncc2c1)C(O)(O)CCC.CCC. The molecule has 0 radical (unpaired) electrons. The number of amides is 1. The third-order valence-electron chi connectivity index (χ3n) is 4.30. The zero-order chi connectivity index (χ0) is 22.7. The Labute approximate surface area is 179 Å². The number of nitrogens with zero attached hydrogens (tertiary/aromatic N) is 2. The summed E-state index contributed by atoms with van der Waals surface area (Å²) < 4.78 is 0. The summed E-state index contributed by atoms with van der Waals surface area (Å²) in [6, 6.07) is 3.65. The number of aliphatic hydroxyl groups is 2. The quantitative estimate of drug-likeness (QED) is 0.323. The fraction of sp³-hybridized carbons (Fsp3) is 0.375. The van der Waals surface area contributed by atoms with Crippen molar-refractivity contribution in [3.05, 3.63) is 60.0 Å². The molecule has 0 unspecified atom stereocenters. The molecule has 2 aromatic rings. The molecule has 6 heteroatoms. The van der Waals surface area contributed by atoms with Gasteiger partial charge in [0.15, 0.2) is 5.79 Å². The van der Waals surface area contributed by atoms with Gasteiger partial charge in [0.1, 0.15) is 5.82 Å². The molecule has 2 rings (SSSR count). The Hall–Kier alpha value is -2.83. The van der Waals surface area contributed by atoms with Gasteiger partial charge in [-0.1, -0.05) is 52.3 Å². The Morgan fingerprint density at radius 1 is 1.20 bits per heavy atom. The molecule has 0 saturated carbocycles. The van der Waals surface area contributed by atoms with Crippen LogP contribution in [-0.4, -0.2) is 32.4 Å². The Balaban J connectivity index is 0.00000141. The van der Waals surface area contributed by atoms with Crippen LogP contribution >= 0.6 is 0 Å². The number of nitrogens with one attached hydrogen (secondary N) is 1. The lowest BCUT2D eigenvalue weighted by Crippen LogP contribution is -2.29. The molecule has 2 aromatic heterocycles. The number of carbonyl (C=O) groups is 1. The minimum atomic E-state index is -1.91. The lowest BCUT2D eigenvalue weighted by atomic mass is 9.94. The van der Waals surface area contributed by atoms with Crippen molar-refractivity contribution >= 4 is 28.7 Å². The molecule has 162 valence electrons. The van der Waals surface area contributed by atoms with Crippen LogP contribution in [-0.2, 0) is 4.79 Å². The fourth-order valence-electron chi connectivity index (χ4n) is 2.89. The molecule has 0 atom stereocenters. The van der Waals surface area contributed by atoms with Crippen molar-refractivity contribution < 1.29 is 15.0 Å². The van der Waals surface area contributed by atoms with Crippen LogP contribution in [0.3, 0.4) is 0 Å². The van der Waals surface area contributed by atoms with Crippen LogP contribution in [0.1, 0.15) is 59.4 Å². The maximum absolute atomic E-state index is 10.5. The van der Waals surface area contributed by atoms with E-state index in [-0.39, 0.29) is 12.0 Å². The Bertz CT molecular complexity index is 930. The van der Waals surface area contributed by atoms with E-state index in [0.717, 1.165) is 22.1 Å². The summed E-state index contributed by atoms with van der Waals surface area (Å²) >= 11 is 0. The molecule has 2 heterocycles. The van der Waals surface area contributed by atoms with Gasteiger partial charge >= 0.3 is 0 Å². The highest BCUT2D eigenvalue weighted by Crippen LogP contribution is 2.28. The molecule has 0 fully saturated rings. The van der Waals surface area contributed by atoms with E-state index in [9.17, 15) is 15.0 Å². The minimum absolute atomic E-state index is 0.223. The van der Waals surface area contributed by atoms with E-state index >= 15 is 0 Å². The first-order valence-electron chi connectivity index (χ1n) is 10.2. The molecule has 3 N–H and O–H groups in total. The highest BCUT2D eigenvalue weighted by atomic mass is 16.5. The van der Waals surface area contributed by atoms with E-state index in [1.165, 1.54) is 6.42 Å². The zero-order valence-corrected chi connectivity index (χ0v) is 18.6. The first-order valence-corrected chi connectivity index (χ1v) is 10.2. The first-order chi connectivity index (χ1) is 14.2. The number of rotatable bonds is 8. The predicted octanol–water partition coefficient (Wildman–Crippen LogP) is 5.00. The first kappa shape index (κ1) is 25.2. The van der Waals surface area contributed by atoms with Gasteiger partial charge in [0.2, 0.25) is 6.41 Å². The van der Waals surface area contributed by atoms with Gasteiger partial charge in [-0.3, -0.25) is 9.78 Å². The molecule has 0 aliphatic rings. The number of carbonyl (C=O) groups excluding carboxylic acids is 1. The summed E-state index contributed by atoms with van der Waals surface area (Å²) in [5.41, 5.74) is 3.60. The lowest BCUT2D eigenvalue weighted by Gasteiger charge is -2.22. The van der Waals surface area contributed by atoms with Crippen LogP contribution in [0.5, 0.6) is 0 Å². The van der Waals surface area contributed by atoms with Gasteiger partial charge < -0.3 is 15.5 Å². The number of aromatic nitrogens is 2. The fourth-order valence-corrected chi connectivity index (χ4v) is 2.89. The van der Waals surface area contributed by atoms with Gasteiger partial charge in [-0.25, -0.2) is 4.98 Å². The van der Waals surface area contributed by atoms with E-state index in [1.54, 1.807) is 24.5 Å². The molecular weight excluding hydrogens is 378 g/mol. The monoisotopic (exact) mass is 411 g/mol. The van der Waals surface area contributed by atoms with Crippen molar-refractivity contribution in [3.63, 3.8) is 0 Å². The second-order valence-corrected chi connectivity index (χ2v) is 7.08. The van der Waals surface area contributed by atoms with Crippen molar-refractivity contribution in [2.75, 3.05) is 5.32 Å². The molecule has 0 aliphatic heterocycles. The van der Waals surface area contributed by atoms with Gasteiger partial charge in [-0.05, 0) is 31.1 Å². The van der Waals surface area contributed by atoms with E-state index < -0.39 is 5.79 Å². The average molecular weight is 412 g/mol. The summed E-state index contributed by atoms with van der Waals surface area (Å²) in [4.78, 5) is 19.2. The van der Waals surface area contributed by atoms with E-state index in [2.05, 4.69) is 35.7 Å². The molecule has 6 nitrogen and oxygen atoms in total. The second kappa shape index (κ2) is 12.0. The second-order valence-electron chi connectivity index (χ2n) is 7.08. The molecule has 0 saturated heterocycles. The van der Waals surface area contributed by atoms with Crippen molar-refractivity contribution in [2.24, 2.45) is 0 Å². The average Bonchev–Trinajstić information content (AvgIpc) is 2.69. The molecule has 0 bridgehead atoms. The molecule has 30 heavy (non-hydrogen) atoms. The number of pyridine rings is 2. The number of hydrogen-bond acceptors (Lipinski definition) is 5. The molecule has 0 aliphatic carbocycles. The third kappa shape index (κ3) is 6.90. The van der Waals surface area contributed by atoms with Crippen molar-refractivity contribution in [1.82, 2.24) is 9.97 Å². The highest BCUT2D eigenvalue weighted by molar-refractivity contribution is 5.88. The number of allylic oxidation sites excluding steroid dienone is 3. The van der Waals surface area contributed by atoms with Gasteiger partial charge in [0, 0.05) is 41.4 Å². The van der Waals surface area contributed by atoms with Crippen LogP contribution in [0.25, 0.3) is 16.5 Å². The molecular formula is C24H33N3O3. The Morgan fingerprint density at radius 3 is 2.43 bits per heavy atom. The topological polar surface area (TPSA) is 95.3 Å². The molecule has 0 aromatic carbocycles. The lowest BCUT2D eigenvalue weighted by molar-refractivity contribution is -0.130. The van der Waals surface area contributed by atoms with Crippen molar-refractivity contribution in [1.29, 1.82) is 0 Å². The van der Waals surface area contributed by atoms with E-state index in [0.29, 0.717) is 24.2 Å². The van der Waals surface area contributed by atoms with Crippen LogP contribution in [0, 0.1) is 0 Å². The summed E-state index contributed by atoms with van der Waals surface area (Å²) in [5.74, 6) is -1.47. The van der Waals surface area contributed by atoms with Crippen molar-refractivity contribution in [2.45, 2.75) is 59.7 Å². The Morgan fingerprint density at radius 2 is 1.87 bits per heavy atom. The van der Waals surface area contributed by atoms with Gasteiger partial charge in [-0.2, -0.15) is 0 Å². The maximum Gasteiger partial charge on any atom is 0.212 e.